The van der Waals surface area contributed by atoms with Gasteiger partial charge in [-0.15, -0.1) is 0 Å². The number of rotatable bonds is 2. The van der Waals surface area contributed by atoms with E-state index in [-0.39, 0.29) is 11.4 Å². The summed E-state index contributed by atoms with van der Waals surface area (Å²) in [6, 6.07) is 8.92. The number of pyridine rings is 1. The van der Waals surface area contributed by atoms with Gasteiger partial charge in [-0.2, -0.15) is 5.26 Å². The maximum Gasteiger partial charge on any atom is 0.165 e. The molecule has 0 saturated carbocycles. The number of aromatic nitrogens is 1. The molecule has 0 amide bonds. The highest BCUT2D eigenvalue weighted by atomic mass is 35.5. The van der Waals surface area contributed by atoms with Crippen molar-refractivity contribution in [2.75, 3.05) is 11.1 Å². The zero-order valence-corrected chi connectivity index (χ0v) is 9.87. The predicted octanol–water partition coefficient (Wildman–Crippen LogP) is 3.07. The molecule has 0 bridgehead atoms. The molecule has 0 saturated heterocycles. The van der Waals surface area contributed by atoms with Crippen molar-refractivity contribution in [2.24, 2.45) is 0 Å². The Morgan fingerprint density at radius 1 is 1.33 bits per heavy atom. The molecule has 1 heterocycles. The molecule has 90 valence electrons. The van der Waals surface area contributed by atoms with Crippen LogP contribution in [-0.4, -0.2) is 4.98 Å². The van der Waals surface area contributed by atoms with Gasteiger partial charge in [-0.1, -0.05) is 11.6 Å². The third kappa shape index (κ3) is 2.50. The van der Waals surface area contributed by atoms with Crippen LogP contribution in [0.15, 0.2) is 30.3 Å². The molecular weight excluding hydrogens is 255 g/mol. The molecule has 3 N–H and O–H groups in total. The van der Waals surface area contributed by atoms with Crippen LogP contribution in [-0.2, 0) is 0 Å². The first kappa shape index (κ1) is 12.1. The Hall–Kier alpha value is -2.32. The summed E-state index contributed by atoms with van der Waals surface area (Å²) >= 11 is 5.90. The Balaban J connectivity index is 2.34. The normalized spacial score (nSPS) is 9.83. The van der Waals surface area contributed by atoms with Gasteiger partial charge in [0.25, 0.3) is 0 Å². The van der Waals surface area contributed by atoms with Gasteiger partial charge in [0.15, 0.2) is 5.69 Å². The van der Waals surface area contributed by atoms with Crippen molar-refractivity contribution in [1.82, 2.24) is 4.98 Å². The van der Waals surface area contributed by atoms with Gasteiger partial charge in [0, 0.05) is 0 Å². The van der Waals surface area contributed by atoms with Crippen LogP contribution in [0.5, 0.6) is 0 Å². The first-order chi connectivity index (χ1) is 8.60. The minimum absolute atomic E-state index is 0.104. The highest BCUT2D eigenvalue weighted by molar-refractivity contribution is 6.33. The van der Waals surface area contributed by atoms with E-state index in [2.05, 4.69) is 10.3 Å². The van der Waals surface area contributed by atoms with Crippen molar-refractivity contribution >= 4 is 28.8 Å². The van der Waals surface area contributed by atoms with E-state index in [1.165, 1.54) is 18.2 Å². The summed E-state index contributed by atoms with van der Waals surface area (Å²) in [4.78, 5) is 3.98. The monoisotopic (exact) mass is 262 g/mol. The van der Waals surface area contributed by atoms with Gasteiger partial charge in [-0.05, 0) is 30.3 Å². The minimum Gasteiger partial charge on any atom is -0.396 e. The Bertz CT molecular complexity index is 636. The molecule has 2 aromatic rings. The Labute approximate surface area is 108 Å². The predicted molar refractivity (Wildman–Crippen MR) is 68.1 cm³/mol. The van der Waals surface area contributed by atoms with E-state index in [4.69, 9.17) is 22.6 Å². The lowest BCUT2D eigenvalue weighted by Gasteiger charge is -2.08. The number of nitrogens with one attached hydrogen (secondary N) is 1. The van der Waals surface area contributed by atoms with Crippen molar-refractivity contribution in [3.8, 4) is 6.07 Å². The van der Waals surface area contributed by atoms with Crippen LogP contribution < -0.4 is 11.1 Å². The molecule has 0 atom stereocenters. The fourth-order valence-electron chi connectivity index (χ4n) is 1.36. The summed E-state index contributed by atoms with van der Waals surface area (Å²) in [6.07, 6.45) is 0. The van der Waals surface area contributed by atoms with Crippen LogP contribution in [0.2, 0.25) is 5.02 Å². The van der Waals surface area contributed by atoms with Gasteiger partial charge in [-0.25, -0.2) is 9.37 Å². The maximum absolute atomic E-state index is 13.1. The van der Waals surface area contributed by atoms with Crippen molar-refractivity contribution in [3.63, 3.8) is 0 Å². The summed E-state index contributed by atoms with van der Waals surface area (Å²) in [5.41, 5.74) is 6.31. The van der Waals surface area contributed by atoms with E-state index in [0.717, 1.165) is 0 Å². The molecule has 0 aliphatic carbocycles. The van der Waals surface area contributed by atoms with Crippen LogP contribution >= 0.6 is 11.6 Å². The molecule has 0 spiro atoms. The molecule has 1 aromatic carbocycles. The molecule has 6 heteroatoms. The highest BCUT2D eigenvalue weighted by Crippen LogP contribution is 2.26. The number of nitrogen functional groups attached to an aromatic ring is 1. The van der Waals surface area contributed by atoms with Gasteiger partial charge in [0.1, 0.15) is 17.7 Å². The molecule has 0 aliphatic heterocycles. The molecule has 2 rings (SSSR count). The Kier molecular flexibility index (Phi) is 3.31. The zero-order chi connectivity index (χ0) is 13.1. The second kappa shape index (κ2) is 4.90. The number of halogens is 2. The van der Waals surface area contributed by atoms with Crippen molar-refractivity contribution in [1.29, 1.82) is 5.26 Å². The molecule has 18 heavy (non-hydrogen) atoms. The molecule has 0 aliphatic rings. The number of nitrogens with two attached hydrogens (primary N) is 1. The van der Waals surface area contributed by atoms with Gasteiger partial charge in [0.2, 0.25) is 0 Å². The lowest BCUT2D eigenvalue weighted by Crippen LogP contribution is -1.99. The minimum atomic E-state index is -0.419. The molecule has 0 radical (unpaired) electrons. The van der Waals surface area contributed by atoms with Gasteiger partial charge < -0.3 is 11.1 Å². The van der Waals surface area contributed by atoms with E-state index < -0.39 is 5.82 Å². The lowest BCUT2D eigenvalue weighted by molar-refractivity contribution is 0.628. The second-order valence-electron chi connectivity index (χ2n) is 3.50. The smallest absolute Gasteiger partial charge is 0.165 e. The molecular formula is C12H8ClFN4. The second-order valence-corrected chi connectivity index (χ2v) is 3.90. The van der Waals surface area contributed by atoms with Gasteiger partial charge in [-0.3, -0.25) is 0 Å². The van der Waals surface area contributed by atoms with E-state index in [1.807, 2.05) is 6.07 Å². The first-order valence-corrected chi connectivity index (χ1v) is 5.36. The van der Waals surface area contributed by atoms with Gasteiger partial charge in [0.05, 0.1) is 16.4 Å². The van der Waals surface area contributed by atoms with E-state index in [1.54, 1.807) is 12.1 Å². The number of hydrogen-bond donors (Lipinski definition) is 2. The SMILES string of the molecule is N#Cc1nc(Nc2cc(F)ccc2Cl)ccc1N. The topological polar surface area (TPSA) is 74.7 Å². The molecule has 1 aromatic heterocycles. The average molecular weight is 263 g/mol. The highest BCUT2D eigenvalue weighted by Gasteiger charge is 2.06. The molecule has 0 unspecified atom stereocenters. The van der Waals surface area contributed by atoms with Crippen LogP contribution in [0.1, 0.15) is 5.69 Å². The lowest BCUT2D eigenvalue weighted by atomic mass is 10.3. The summed E-state index contributed by atoms with van der Waals surface area (Å²) < 4.78 is 13.1. The Morgan fingerprint density at radius 3 is 2.83 bits per heavy atom. The van der Waals surface area contributed by atoms with Crippen molar-refractivity contribution < 1.29 is 4.39 Å². The quantitative estimate of drug-likeness (QED) is 0.872. The van der Waals surface area contributed by atoms with Crippen LogP contribution in [0.25, 0.3) is 0 Å². The fourth-order valence-corrected chi connectivity index (χ4v) is 1.53. The summed E-state index contributed by atoms with van der Waals surface area (Å²) in [7, 11) is 0. The van der Waals surface area contributed by atoms with E-state index >= 15 is 0 Å². The first-order valence-electron chi connectivity index (χ1n) is 4.99. The number of nitrogens with zero attached hydrogens (tertiary/aromatic N) is 2. The van der Waals surface area contributed by atoms with Gasteiger partial charge >= 0.3 is 0 Å². The van der Waals surface area contributed by atoms with Crippen LogP contribution in [0.3, 0.4) is 0 Å². The van der Waals surface area contributed by atoms with Crippen molar-refractivity contribution in [2.45, 2.75) is 0 Å². The summed E-state index contributed by atoms with van der Waals surface area (Å²) in [5, 5.41) is 12.0. The van der Waals surface area contributed by atoms with Crippen LogP contribution in [0, 0.1) is 17.1 Å². The number of anilines is 3. The van der Waals surface area contributed by atoms with E-state index in [0.29, 0.717) is 16.5 Å². The van der Waals surface area contributed by atoms with Crippen molar-refractivity contribution in [3.05, 3.63) is 46.9 Å². The third-order valence-corrected chi connectivity index (χ3v) is 2.55. The largest absolute Gasteiger partial charge is 0.396 e. The maximum atomic E-state index is 13.1. The number of hydrogen-bond acceptors (Lipinski definition) is 4. The summed E-state index contributed by atoms with van der Waals surface area (Å²) in [5.74, 6) is -0.0499. The third-order valence-electron chi connectivity index (χ3n) is 2.22. The zero-order valence-electron chi connectivity index (χ0n) is 9.11. The average Bonchev–Trinajstić information content (AvgIpc) is 2.36. The van der Waals surface area contributed by atoms with Crippen LogP contribution in [0.4, 0.5) is 21.6 Å². The molecule has 0 fully saturated rings. The number of nitriles is 1. The molecule has 4 nitrogen and oxygen atoms in total. The standard InChI is InChI=1S/C12H8ClFN4/c13-8-2-1-7(14)5-10(8)17-12-4-3-9(16)11(6-15)18-12/h1-5H,16H2,(H,17,18). The number of benzene rings is 1. The fraction of sp³-hybridized carbons (Fsp3) is 0. The summed E-state index contributed by atoms with van der Waals surface area (Å²) in [6.45, 7) is 0. The Morgan fingerprint density at radius 2 is 2.11 bits per heavy atom. The van der Waals surface area contributed by atoms with E-state index in [9.17, 15) is 4.39 Å².